The largest absolute Gasteiger partial charge is 0.497 e. The molecular weight excluding hydrogens is 354 g/mol. The number of ether oxygens (including phenoxy) is 1. The first-order chi connectivity index (χ1) is 13.7. The summed E-state index contributed by atoms with van der Waals surface area (Å²) in [5, 5.41) is 0.882. The van der Waals surface area contributed by atoms with Crippen LogP contribution in [0, 0.1) is 0 Å². The molecule has 4 aromatic rings. The molecule has 2 aromatic heterocycles. The summed E-state index contributed by atoms with van der Waals surface area (Å²) in [7, 11) is 1.68. The molecule has 2 N–H and O–H groups in total. The fourth-order valence-corrected chi connectivity index (χ4v) is 3.79. The third-order valence-corrected chi connectivity index (χ3v) is 5.42. The molecule has 1 aliphatic carbocycles. The van der Waals surface area contributed by atoms with Crippen molar-refractivity contribution in [1.82, 2.24) is 9.97 Å². The third-order valence-electron chi connectivity index (χ3n) is 5.42. The predicted octanol–water partition coefficient (Wildman–Crippen LogP) is 2.43. The second-order valence-corrected chi connectivity index (χ2v) is 7.42. The predicted molar refractivity (Wildman–Crippen MR) is 107 cm³/mol. The van der Waals surface area contributed by atoms with Crippen molar-refractivity contribution in [3.63, 3.8) is 0 Å². The van der Waals surface area contributed by atoms with E-state index >= 15 is 0 Å². The second-order valence-electron chi connectivity index (χ2n) is 7.42. The normalized spacial score (nSPS) is 15.2. The van der Waals surface area contributed by atoms with Crippen LogP contribution in [0.1, 0.15) is 24.2 Å². The molecule has 1 aliphatic rings. The summed E-state index contributed by atoms with van der Waals surface area (Å²) in [6.07, 6.45) is 2.43. The number of furan rings is 1. The number of aromatic nitrogens is 2. The van der Waals surface area contributed by atoms with Gasteiger partial charge in [-0.1, -0.05) is 12.1 Å². The van der Waals surface area contributed by atoms with E-state index in [4.69, 9.17) is 14.1 Å². The van der Waals surface area contributed by atoms with Crippen molar-refractivity contribution >= 4 is 22.1 Å². The van der Waals surface area contributed by atoms with Gasteiger partial charge < -0.3 is 19.0 Å². The average molecular weight is 376 g/mol. The van der Waals surface area contributed by atoms with Crippen molar-refractivity contribution in [2.45, 2.75) is 32.0 Å². The molecule has 6 heteroatoms. The molecule has 6 nitrogen and oxygen atoms in total. The zero-order chi connectivity index (χ0) is 19.1. The first kappa shape index (κ1) is 17.0. The number of hydrogen-bond acceptors (Lipinski definition) is 4. The first-order valence-electron chi connectivity index (χ1n) is 9.59. The lowest BCUT2D eigenvalue weighted by Gasteiger charge is -2.19. The summed E-state index contributed by atoms with van der Waals surface area (Å²) in [5.74, 6) is 1.57. The van der Waals surface area contributed by atoms with Gasteiger partial charge in [-0.2, -0.15) is 0 Å². The average Bonchev–Trinajstić information content (AvgIpc) is 3.50. The summed E-state index contributed by atoms with van der Waals surface area (Å²) < 4.78 is 10.9. The van der Waals surface area contributed by atoms with E-state index in [-0.39, 0.29) is 5.56 Å². The number of hydrogen-bond donors (Lipinski definition) is 2. The van der Waals surface area contributed by atoms with Gasteiger partial charge in [-0.15, -0.1) is 0 Å². The molecule has 0 spiro atoms. The van der Waals surface area contributed by atoms with Gasteiger partial charge in [-0.3, -0.25) is 4.79 Å². The Morgan fingerprint density at radius 3 is 2.68 bits per heavy atom. The highest BCUT2D eigenvalue weighted by Crippen LogP contribution is 2.24. The molecule has 0 radical (unpaired) electrons. The van der Waals surface area contributed by atoms with E-state index < -0.39 is 0 Å². The Kier molecular flexibility index (Phi) is 4.13. The zero-order valence-corrected chi connectivity index (χ0v) is 15.7. The van der Waals surface area contributed by atoms with Gasteiger partial charge >= 0.3 is 0 Å². The Bertz CT molecular complexity index is 1190. The van der Waals surface area contributed by atoms with Crippen LogP contribution in [0.3, 0.4) is 0 Å². The minimum absolute atomic E-state index is 0.212. The fourth-order valence-electron chi connectivity index (χ4n) is 3.79. The summed E-state index contributed by atoms with van der Waals surface area (Å²) >= 11 is 0. The lowest BCUT2D eigenvalue weighted by Crippen LogP contribution is -3.10. The number of quaternary nitrogens is 1. The topological polar surface area (TPSA) is 72.6 Å². The highest BCUT2D eigenvalue weighted by atomic mass is 16.5. The summed E-state index contributed by atoms with van der Waals surface area (Å²) in [6.45, 7) is 1.57. The standard InChI is InChI=1S/C22H21N3O3/c1-27-16-10-6-14(7-11-16)12-25(15-8-9-15)13-19-23-20-17-4-2-3-5-18(17)28-21(20)22(26)24-19/h2-7,10-11,15H,8-9,12-13H2,1H3,(H,23,24,26)/p+1. The van der Waals surface area contributed by atoms with Gasteiger partial charge in [0.15, 0.2) is 5.82 Å². The molecule has 0 aliphatic heterocycles. The summed E-state index contributed by atoms with van der Waals surface area (Å²) in [5.41, 5.74) is 2.68. The van der Waals surface area contributed by atoms with Gasteiger partial charge in [0, 0.05) is 23.8 Å². The summed E-state index contributed by atoms with van der Waals surface area (Å²) in [4.78, 5) is 21.6. The minimum Gasteiger partial charge on any atom is -0.497 e. The molecule has 1 atom stereocenters. The van der Waals surface area contributed by atoms with Gasteiger partial charge in [0.25, 0.3) is 5.56 Å². The Morgan fingerprint density at radius 1 is 1.14 bits per heavy atom. The number of methoxy groups -OCH3 is 1. The number of H-pyrrole nitrogens is 1. The molecule has 0 bridgehead atoms. The Morgan fingerprint density at radius 2 is 1.93 bits per heavy atom. The van der Waals surface area contributed by atoms with E-state index in [1.807, 2.05) is 36.4 Å². The van der Waals surface area contributed by atoms with Crippen molar-refractivity contribution in [2.24, 2.45) is 0 Å². The van der Waals surface area contributed by atoms with Crippen molar-refractivity contribution in [3.8, 4) is 5.75 Å². The van der Waals surface area contributed by atoms with E-state index in [9.17, 15) is 4.79 Å². The third kappa shape index (κ3) is 3.16. The maximum Gasteiger partial charge on any atom is 0.294 e. The van der Waals surface area contributed by atoms with E-state index in [0.29, 0.717) is 35.1 Å². The SMILES string of the molecule is COc1ccc(C[NH+](Cc2nc3c(oc4ccccc43)c(=O)[nH]2)C2CC2)cc1. The van der Waals surface area contributed by atoms with Crippen molar-refractivity contribution in [1.29, 1.82) is 0 Å². The van der Waals surface area contributed by atoms with Gasteiger partial charge in [0.05, 0.1) is 13.2 Å². The molecule has 5 rings (SSSR count). The molecule has 28 heavy (non-hydrogen) atoms. The molecule has 0 amide bonds. The van der Waals surface area contributed by atoms with Crippen LogP contribution in [0.5, 0.6) is 5.75 Å². The molecule has 0 saturated heterocycles. The van der Waals surface area contributed by atoms with Crippen LogP contribution < -0.4 is 15.2 Å². The molecule has 1 fully saturated rings. The minimum atomic E-state index is -0.212. The van der Waals surface area contributed by atoms with Crippen LogP contribution in [-0.4, -0.2) is 23.1 Å². The van der Waals surface area contributed by atoms with Crippen LogP contribution in [0.2, 0.25) is 0 Å². The highest BCUT2D eigenvalue weighted by Gasteiger charge is 2.34. The molecule has 1 unspecified atom stereocenters. The molecule has 142 valence electrons. The zero-order valence-electron chi connectivity index (χ0n) is 15.7. The molecule has 2 heterocycles. The number of fused-ring (bicyclic) bond motifs is 3. The van der Waals surface area contributed by atoms with Crippen LogP contribution in [0.4, 0.5) is 0 Å². The van der Waals surface area contributed by atoms with Gasteiger partial charge in [-0.05, 0) is 36.4 Å². The van der Waals surface area contributed by atoms with E-state index in [0.717, 1.165) is 17.7 Å². The monoisotopic (exact) mass is 376 g/mol. The highest BCUT2D eigenvalue weighted by molar-refractivity contribution is 6.01. The van der Waals surface area contributed by atoms with Gasteiger partial charge in [0.1, 0.15) is 29.9 Å². The van der Waals surface area contributed by atoms with E-state index in [1.54, 1.807) is 7.11 Å². The quantitative estimate of drug-likeness (QED) is 0.542. The maximum absolute atomic E-state index is 12.6. The maximum atomic E-state index is 12.6. The van der Waals surface area contributed by atoms with Gasteiger partial charge in [0.2, 0.25) is 5.58 Å². The van der Waals surface area contributed by atoms with Crippen LogP contribution in [0.15, 0.2) is 57.7 Å². The van der Waals surface area contributed by atoms with Crippen molar-refractivity contribution in [2.75, 3.05) is 7.11 Å². The van der Waals surface area contributed by atoms with Crippen molar-refractivity contribution < 1.29 is 14.1 Å². The Balaban J connectivity index is 1.46. The first-order valence-corrected chi connectivity index (χ1v) is 9.59. The molecular formula is C22H22N3O3+. The lowest BCUT2D eigenvalue weighted by molar-refractivity contribution is -0.939. The van der Waals surface area contributed by atoms with Crippen LogP contribution in [0.25, 0.3) is 22.1 Å². The molecule has 1 saturated carbocycles. The Labute approximate surface area is 161 Å². The number of rotatable bonds is 6. The number of nitrogens with one attached hydrogen (secondary N) is 2. The smallest absolute Gasteiger partial charge is 0.294 e. The lowest BCUT2D eigenvalue weighted by atomic mass is 10.2. The van der Waals surface area contributed by atoms with Gasteiger partial charge in [-0.25, -0.2) is 4.98 Å². The number of benzene rings is 2. The second kappa shape index (κ2) is 6.80. The number of para-hydroxylation sites is 1. The molecule has 2 aromatic carbocycles. The van der Waals surface area contributed by atoms with Crippen molar-refractivity contribution in [3.05, 3.63) is 70.3 Å². The van der Waals surface area contributed by atoms with Crippen LogP contribution in [-0.2, 0) is 13.1 Å². The number of nitrogens with zero attached hydrogens (tertiary/aromatic N) is 1. The summed E-state index contributed by atoms with van der Waals surface area (Å²) in [6, 6.07) is 16.4. The fraction of sp³-hybridized carbons (Fsp3) is 0.273. The van der Waals surface area contributed by atoms with Crippen LogP contribution >= 0.6 is 0 Å². The van der Waals surface area contributed by atoms with E-state index in [2.05, 4.69) is 17.1 Å². The van der Waals surface area contributed by atoms with E-state index in [1.165, 1.54) is 23.3 Å². The Hall–Kier alpha value is -3.12. The number of aromatic amines is 1.